The van der Waals surface area contributed by atoms with E-state index in [4.69, 9.17) is 0 Å². The summed E-state index contributed by atoms with van der Waals surface area (Å²) in [5.41, 5.74) is -0.0764. The molecule has 2 heterocycles. The molecule has 1 aromatic heterocycles. The van der Waals surface area contributed by atoms with Crippen LogP contribution in [0.4, 0.5) is 5.69 Å². The van der Waals surface area contributed by atoms with Gasteiger partial charge in [0.1, 0.15) is 0 Å². The van der Waals surface area contributed by atoms with Gasteiger partial charge in [-0.3, -0.25) is 9.79 Å². The average Bonchev–Trinajstić information content (AvgIpc) is 3.27. The molecule has 31 heavy (non-hydrogen) atoms. The highest BCUT2D eigenvalue weighted by Crippen LogP contribution is 2.39. The molecule has 0 bridgehead atoms. The number of amidine groups is 2. The van der Waals surface area contributed by atoms with Crippen LogP contribution < -0.4 is 10.0 Å². The Hall–Kier alpha value is -2.92. The predicted molar refractivity (Wildman–Crippen MR) is 123 cm³/mol. The maximum Gasteiger partial charge on any atom is 0.345 e. The lowest BCUT2D eigenvalue weighted by atomic mass is 9.86. The minimum Gasteiger partial charge on any atom is -0.505 e. The van der Waals surface area contributed by atoms with E-state index < -0.39 is 10.2 Å². The summed E-state index contributed by atoms with van der Waals surface area (Å²) in [5, 5.41) is 15.3. The molecule has 1 aromatic carbocycles. The number of aromatic hydroxyl groups is 1. The van der Waals surface area contributed by atoms with Crippen LogP contribution in [0.25, 0.3) is 0 Å². The molecule has 0 spiro atoms. The Morgan fingerprint density at radius 3 is 2.55 bits per heavy atom. The number of hydrogen-bond donors (Lipinski definition) is 3. The molecule has 3 N–H and O–H groups in total. The van der Waals surface area contributed by atoms with Gasteiger partial charge in [-0.1, -0.05) is 32.9 Å². The van der Waals surface area contributed by atoms with Crippen LogP contribution in [0.3, 0.4) is 0 Å². The topological polar surface area (TPSA) is 123 Å². The SMILES string of the molecule is CN(C)C(=O)c1cccc(NC2=NS(=O)(=O)NC2=N[C@@H](c2cccs2)C(C)(C)C)c1O. The van der Waals surface area contributed by atoms with E-state index in [1.807, 2.05) is 38.3 Å². The zero-order valence-corrected chi connectivity index (χ0v) is 19.5. The van der Waals surface area contributed by atoms with Crippen molar-refractivity contribution in [2.24, 2.45) is 14.8 Å². The predicted octanol–water partition coefficient (Wildman–Crippen LogP) is 3.00. The van der Waals surface area contributed by atoms with Gasteiger partial charge in [0.25, 0.3) is 5.91 Å². The summed E-state index contributed by atoms with van der Waals surface area (Å²) in [6.45, 7) is 6.03. The minimum absolute atomic E-state index is 0.0389. The van der Waals surface area contributed by atoms with Crippen LogP contribution in [0.1, 0.15) is 42.0 Å². The Balaban J connectivity index is 2.01. The van der Waals surface area contributed by atoms with E-state index in [0.717, 1.165) is 4.88 Å². The fourth-order valence-corrected chi connectivity index (χ4v) is 4.79. The number of carbonyl (C=O) groups is 1. The van der Waals surface area contributed by atoms with E-state index in [1.165, 1.54) is 28.4 Å². The highest BCUT2D eigenvalue weighted by Gasteiger charge is 2.33. The van der Waals surface area contributed by atoms with E-state index in [-0.39, 0.29) is 46.0 Å². The van der Waals surface area contributed by atoms with Gasteiger partial charge < -0.3 is 15.3 Å². The molecule has 0 unspecified atom stereocenters. The molecule has 1 aliphatic rings. The van der Waals surface area contributed by atoms with Crippen molar-refractivity contribution in [2.45, 2.75) is 26.8 Å². The fraction of sp³-hybridized carbons (Fsp3) is 0.350. The first-order valence-corrected chi connectivity index (χ1v) is 11.8. The van der Waals surface area contributed by atoms with Crippen molar-refractivity contribution in [3.05, 3.63) is 46.2 Å². The van der Waals surface area contributed by atoms with Gasteiger partial charge in [-0.15, -0.1) is 15.7 Å². The number of aliphatic imine (C=N–C) groups is 1. The zero-order chi connectivity index (χ0) is 23.0. The number of anilines is 1. The van der Waals surface area contributed by atoms with Crippen LogP contribution in [0.15, 0.2) is 45.1 Å². The molecule has 0 aliphatic carbocycles. The number of hydrogen-bond acceptors (Lipinski definition) is 7. The first kappa shape index (κ1) is 22.8. The normalized spacial score (nSPS) is 17.7. The number of carbonyl (C=O) groups excluding carboxylic acids is 1. The fourth-order valence-electron chi connectivity index (χ4n) is 2.97. The first-order valence-electron chi connectivity index (χ1n) is 9.44. The molecular weight excluding hydrogens is 438 g/mol. The van der Waals surface area contributed by atoms with Gasteiger partial charge in [0, 0.05) is 19.0 Å². The van der Waals surface area contributed by atoms with Gasteiger partial charge in [-0.25, -0.2) is 4.72 Å². The molecule has 1 aliphatic heterocycles. The van der Waals surface area contributed by atoms with Gasteiger partial charge in [0.15, 0.2) is 17.4 Å². The number of phenolic OH excluding ortho intramolecular Hbond substituents is 1. The van der Waals surface area contributed by atoms with Gasteiger partial charge in [0.05, 0.1) is 17.3 Å². The maximum absolute atomic E-state index is 12.3. The van der Waals surface area contributed by atoms with Crippen molar-refractivity contribution in [3.63, 3.8) is 0 Å². The second kappa shape index (κ2) is 8.31. The number of thiophene rings is 1. The van der Waals surface area contributed by atoms with Crippen LogP contribution in [-0.2, 0) is 10.2 Å². The van der Waals surface area contributed by atoms with Crippen LogP contribution >= 0.6 is 11.3 Å². The molecule has 166 valence electrons. The largest absolute Gasteiger partial charge is 0.505 e. The van der Waals surface area contributed by atoms with Gasteiger partial charge in [-0.2, -0.15) is 8.42 Å². The lowest BCUT2D eigenvalue weighted by molar-refractivity contribution is 0.0824. The molecule has 0 radical (unpaired) electrons. The Bertz CT molecular complexity index is 1150. The van der Waals surface area contributed by atoms with Crippen LogP contribution in [0.2, 0.25) is 0 Å². The zero-order valence-electron chi connectivity index (χ0n) is 17.9. The molecule has 3 rings (SSSR count). The number of nitrogens with zero attached hydrogens (tertiary/aromatic N) is 3. The van der Waals surface area contributed by atoms with Crippen molar-refractivity contribution < 1.29 is 18.3 Å². The van der Waals surface area contributed by atoms with E-state index in [1.54, 1.807) is 20.2 Å². The van der Waals surface area contributed by atoms with Crippen molar-refractivity contribution in [1.82, 2.24) is 9.62 Å². The van der Waals surface area contributed by atoms with Crippen molar-refractivity contribution in [2.75, 3.05) is 19.4 Å². The van der Waals surface area contributed by atoms with E-state index >= 15 is 0 Å². The van der Waals surface area contributed by atoms with Crippen LogP contribution in [-0.4, -0.2) is 50.1 Å². The summed E-state index contributed by atoms with van der Waals surface area (Å²) in [6, 6.07) is 8.11. The Morgan fingerprint density at radius 2 is 1.97 bits per heavy atom. The number of amides is 1. The number of nitrogens with one attached hydrogen (secondary N) is 2. The summed E-state index contributed by atoms with van der Waals surface area (Å²) in [4.78, 5) is 19.3. The molecule has 0 saturated heterocycles. The second-order valence-corrected chi connectivity index (χ2v) is 10.6. The molecule has 0 saturated carbocycles. The van der Waals surface area contributed by atoms with Gasteiger partial charge in [-0.05, 0) is 29.0 Å². The number of phenols is 1. The van der Waals surface area contributed by atoms with Crippen molar-refractivity contribution >= 4 is 44.8 Å². The average molecular weight is 464 g/mol. The summed E-state index contributed by atoms with van der Waals surface area (Å²) >= 11 is 1.53. The summed E-state index contributed by atoms with van der Waals surface area (Å²) in [6.07, 6.45) is 0. The first-order chi connectivity index (χ1) is 14.4. The molecule has 2 aromatic rings. The standard InChI is InChI=1S/C20H25N5O4S2/c1-20(2,3)16(14-10-7-11-30-14)22-18-17(23-31(28,29)24-18)21-13-9-6-8-12(15(13)26)19(27)25(4)5/h6-11,16,26H,1-5H3,(H,21,23)(H,22,24)/t16-/m0/s1. The molecule has 1 amide bonds. The van der Waals surface area contributed by atoms with E-state index in [0.29, 0.717) is 0 Å². The number of benzene rings is 1. The molecule has 11 heteroatoms. The summed E-state index contributed by atoms with van der Waals surface area (Å²) < 4.78 is 30.4. The summed E-state index contributed by atoms with van der Waals surface area (Å²) in [7, 11) is -0.844. The van der Waals surface area contributed by atoms with Gasteiger partial charge >= 0.3 is 10.2 Å². The van der Waals surface area contributed by atoms with Crippen molar-refractivity contribution in [1.29, 1.82) is 0 Å². The lowest BCUT2D eigenvalue weighted by Crippen LogP contribution is -2.32. The summed E-state index contributed by atoms with van der Waals surface area (Å²) in [5.74, 6) is -0.717. The minimum atomic E-state index is -3.99. The Morgan fingerprint density at radius 1 is 1.26 bits per heavy atom. The third kappa shape index (κ3) is 5.05. The van der Waals surface area contributed by atoms with Crippen LogP contribution in [0, 0.1) is 5.41 Å². The maximum atomic E-state index is 12.3. The van der Waals surface area contributed by atoms with Crippen molar-refractivity contribution in [3.8, 4) is 5.75 Å². The quantitative estimate of drug-likeness (QED) is 0.602. The highest BCUT2D eigenvalue weighted by molar-refractivity contribution is 7.89. The Kier molecular flexibility index (Phi) is 6.10. The van der Waals surface area contributed by atoms with E-state index in [9.17, 15) is 18.3 Å². The highest BCUT2D eigenvalue weighted by atomic mass is 32.2. The molecule has 9 nitrogen and oxygen atoms in total. The molecule has 1 atom stereocenters. The Labute approximate surface area is 185 Å². The lowest BCUT2D eigenvalue weighted by Gasteiger charge is -2.27. The van der Waals surface area contributed by atoms with Crippen LogP contribution in [0.5, 0.6) is 5.75 Å². The molecular formula is C20H25N5O4S2. The third-order valence-corrected chi connectivity index (χ3v) is 6.28. The number of para-hydroxylation sites is 1. The monoisotopic (exact) mass is 463 g/mol. The smallest absolute Gasteiger partial charge is 0.345 e. The number of rotatable bonds is 4. The van der Waals surface area contributed by atoms with Gasteiger partial charge in [0.2, 0.25) is 0 Å². The second-order valence-electron chi connectivity index (χ2n) is 8.31. The molecule has 0 fully saturated rings. The van der Waals surface area contributed by atoms with E-state index in [2.05, 4.69) is 19.4 Å². The third-order valence-electron chi connectivity index (χ3n) is 4.48.